The van der Waals surface area contributed by atoms with Gasteiger partial charge in [0.25, 0.3) is 0 Å². The number of phosphoric acid groups is 1. The smallest absolute Gasteiger partial charge is 0.472 e. The lowest BCUT2D eigenvalue weighted by Gasteiger charge is -2.20. The molecule has 6 N–H and O–H groups in total. The molecule has 0 aromatic rings. The average molecular weight is 896 g/mol. The number of aliphatic hydroxyl groups is 2. The number of aliphatic hydroxyl groups excluding tert-OH is 2. The van der Waals surface area contributed by atoms with Crippen molar-refractivity contribution in [2.45, 2.75) is 192 Å². The summed E-state index contributed by atoms with van der Waals surface area (Å²) in [5, 5.41) is 28.9. The highest BCUT2D eigenvalue weighted by molar-refractivity contribution is 7.47. The van der Waals surface area contributed by atoms with E-state index in [1.807, 2.05) is 49.5 Å². The van der Waals surface area contributed by atoms with E-state index < -0.39 is 69.9 Å². The number of carboxylic acids is 1. The highest BCUT2D eigenvalue weighted by atomic mass is 31.2. The minimum absolute atomic E-state index is 0.0267. The Morgan fingerprint density at radius 3 is 1.71 bits per heavy atom. The zero-order chi connectivity index (χ0) is 45.9. The third-order valence-electron chi connectivity index (χ3n) is 9.64. The van der Waals surface area contributed by atoms with Gasteiger partial charge < -0.3 is 35.4 Å². The molecular formula is C48H82NO12P. The summed E-state index contributed by atoms with van der Waals surface area (Å²) in [6, 6.07) is -1.56. The summed E-state index contributed by atoms with van der Waals surface area (Å²) in [5.41, 5.74) is 5.33. The van der Waals surface area contributed by atoms with Crippen molar-refractivity contribution in [2.75, 3.05) is 19.8 Å². The fourth-order valence-corrected chi connectivity index (χ4v) is 6.76. The van der Waals surface area contributed by atoms with Crippen molar-refractivity contribution in [3.05, 3.63) is 72.9 Å². The molecule has 5 atom stereocenters. The van der Waals surface area contributed by atoms with Crippen LogP contribution in [-0.2, 0) is 37.5 Å². The zero-order valence-electron chi connectivity index (χ0n) is 37.9. The van der Waals surface area contributed by atoms with Crippen LogP contribution in [0.1, 0.15) is 168 Å². The maximum absolute atomic E-state index is 12.6. The minimum Gasteiger partial charge on any atom is -0.480 e. The van der Waals surface area contributed by atoms with E-state index in [-0.39, 0.29) is 12.8 Å². The summed E-state index contributed by atoms with van der Waals surface area (Å²) in [4.78, 5) is 46.0. The largest absolute Gasteiger partial charge is 0.480 e. The number of carbonyl (C=O) groups excluding carboxylic acids is 2. The van der Waals surface area contributed by atoms with Gasteiger partial charge in [-0.15, -0.1) is 0 Å². The van der Waals surface area contributed by atoms with Gasteiger partial charge in [0, 0.05) is 12.8 Å². The second kappa shape index (κ2) is 41.8. The van der Waals surface area contributed by atoms with Gasteiger partial charge in [-0.05, 0) is 38.5 Å². The predicted octanol–water partition coefficient (Wildman–Crippen LogP) is 10.4. The Morgan fingerprint density at radius 2 is 1.15 bits per heavy atom. The number of hydrogen-bond acceptors (Lipinski definition) is 11. The molecule has 14 heteroatoms. The summed E-state index contributed by atoms with van der Waals surface area (Å²) in [6.07, 6.45) is 43.3. The first-order chi connectivity index (χ1) is 29.9. The number of hydrogen-bond donors (Lipinski definition) is 5. The summed E-state index contributed by atoms with van der Waals surface area (Å²) in [6.45, 7) is 2.43. The van der Waals surface area contributed by atoms with Gasteiger partial charge in [-0.2, -0.15) is 0 Å². The van der Waals surface area contributed by atoms with E-state index in [1.165, 1.54) is 83.5 Å². The number of unbranched alkanes of at least 4 members (excludes halogenated alkanes) is 17. The van der Waals surface area contributed by atoms with Crippen LogP contribution < -0.4 is 5.73 Å². The first-order valence-corrected chi connectivity index (χ1v) is 24.7. The highest BCUT2D eigenvalue weighted by Crippen LogP contribution is 2.43. The van der Waals surface area contributed by atoms with Crippen LogP contribution >= 0.6 is 7.82 Å². The lowest BCUT2D eigenvalue weighted by Crippen LogP contribution is -2.34. The fourth-order valence-electron chi connectivity index (χ4n) is 5.98. The third kappa shape index (κ3) is 40.9. The van der Waals surface area contributed by atoms with Crippen molar-refractivity contribution in [3.63, 3.8) is 0 Å². The molecule has 0 spiro atoms. The van der Waals surface area contributed by atoms with Crippen molar-refractivity contribution < 1.29 is 57.7 Å². The van der Waals surface area contributed by atoms with Crippen molar-refractivity contribution in [1.29, 1.82) is 0 Å². The molecule has 0 heterocycles. The average Bonchev–Trinajstić information content (AvgIpc) is 3.24. The molecule has 0 aliphatic heterocycles. The number of ether oxygens (including phenoxy) is 2. The maximum Gasteiger partial charge on any atom is 0.472 e. The predicted molar refractivity (Wildman–Crippen MR) is 247 cm³/mol. The molecule has 0 aliphatic rings. The van der Waals surface area contributed by atoms with Gasteiger partial charge in [-0.3, -0.25) is 23.4 Å². The third-order valence-corrected chi connectivity index (χ3v) is 10.6. The standard InChI is InChI=1S/C48H82NO12P/c1-3-5-7-8-9-10-11-12-13-14-15-16-17-18-22-25-31-37-46(52)58-39-44(40-59-62(56,57)60-41-45(49)48(54)55)61-47(53)38-32-26-30-36-43(51)35-29-24-21-19-20-23-28-34-42(50)33-27-6-4-2/h6,20-21,23-24,27-30,34-36,42-45,50-51H,3-5,7-19,22,25-26,31-33,37-41,49H2,1-2H3,(H,54,55)(H,56,57)/b23-20-,24-21-,27-6-,34-28+,35-29+,36-30-/t42-,43-,44+,45-/m0/s1. The Balaban J connectivity index is 4.57. The van der Waals surface area contributed by atoms with E-state index >= 15 is 0 Å². The quantitative estimate of drug-likeness (QED) is 0.0127. The molecule has 0 aromatic heterocycles. The molecule has 0 saturated heterocycles. The van der Waals surface area contributed by atoms with Crippen LogP contribution in [0.3, 0.4) is 0 Å². The van der Waals surface area contributed by atoms with Gasteiger partial charge in [0.2, 0.25) is 0 Å². The van der Waals surface area contributed by atoms with Gasteiger partial charge in [0.05, 0.1) is 25.4 Å². The highest BCUT2D eigenvalue weighted by Gasteiger charge is 2.28. The number of allylic oxidation sites excluding steroid dienone is 8. The molecule has 0 amide bonds. The van der Waals surface area contributed by atoms with Crippen molar-refractivity contribution in [2.24, 2.45) is 5.73 Å². The molecule has 0 bridgehead atoms. The molecular weight excluding hydrogens is 813 g/mol. The van der Waals surface area contributed by atoms with Crippen LogP contribution in [0, 0.1) is 0 Å². The van der Waals surface area contributed by atoms with Gasteiger partial charge in [0.1, 0.15) is 12.6 Å². The van der Waals surface area contributed by atoms with E-state index in [4.69, 9.17) is 24.8 Å². The number of phosphoric ester groups is 1. The Bertz CT molecular complexity index is 1360. The monoisotopic (exact) mass is 896 g/mol. The lowest BCUT2D eigenvalue weighted by molar-refractivity contribution is -0.161. The molecule has 0 saturated carbocycles. The summed E-state index contributed by atoms with van der Waals surface area (Å²) >= 11 is 0. The number of carbonyl (C=O) groups is 3. The van der Waals surface area contributed by atoms with Crippen molar-refractivity contribution in [1.82, 2.24) is 0 Å². The number of carboxylic acid groups (broad SMARTS) is 1. The van der Waals surface area contributed by atoms with E-state index in [9.17, 15) is 34.1 Å². The molecule has 0 aromatic carbocycles. The van der Waals surface area contributed by atoms with Crippen LogP contribution in [0.2, 0.25) is 0 Å². The number of esters is 2. The van der Waals surface area contributed by atoms with Crippen LogP contribution in [0.5, 0.6) is 0 Å². The first-order valence-electron chi connectivity index (χ1n) is 23.2. The van der Waals surface area contributed by atoms with E-state index in [0.717, 1.165) is 25.7 Å². The molecule has 0 rings (SSSR count). The van der Waals surface area contributed by atoms with Gasteiger partial charge in [-0.1, -0.05) is 189 Å². The maximum atomic E-state index is 12.6. The second-order valence-corrected chi connectivity index (χ2v) is 17.0. The van der Waals surface area contributed by atoms with Crippen LogP contribution in [0.4, 0.5) is 0 Å². The molecule has 0 radical (unpaired) electrons. The minimum atomic E-state index is -4.78. The topological polar surface area (TPSA) is 212 Å². The summed E-state index contributed by atoms with van der Waals surface area (Å²) in [5.74, 6) is -2.59. The van der Waals surface area contributed by atoms with E-state index in [0.29, 0.717) is 32.1 Å². The van der Waals surface area contributed by atoms with E-state index in [2.05, 4.69) is 11.4 Å². The molecule has 13 nitrogen and oxygen atoms in total. The number of aliphatic carboxylic acids is 1. The van der Waals surface area contributed by atoms with E-state index in [1.54, 1.807) is 30.4 Å². The van der Waals surface area contributed by atoms with Crippen LogP contribution in [-0.4, -0.2) is 82.3 Å². The molecule has 0 aliphatic carbocycles. The Hall–Kier alpha value is -3.16. The normalized spacial score (nSPS) is 15.3. The lowest BCUT2D eigenvalue weighted by atomic mass is 10.0. The number of nitrogens with two attached hydrogens (primary N) is 1. The fraction of sp³-hybridized carbons (Fsp3) is 0.688. The summed E-state index contributed by atoms with van der Waals surface area (Å²) < 4.78 is 32.6. The Labute approximate surface area is 373 Å². The van der Waals surface area contributed by atoms with Gasteiger partial charge in [0.15, 0.2) is 6.10 Å². The summed E-state index contributed by atoms with van der Waals surface area (Å²) in [7, 11) is -4.78. The molecule has 356 valence electrons. The molecule has 1 unspecified atom stereocenters. The van der Waals surface area contributed by atoms with Gasteiger partial charge in [-0.25, -0.2) is 4.57 Å². The Morgan fingerprint density at radius 1 is 0.613 bits per heavy atom. The SMILES string of the molecule is CC/C=C\C[C@H](O)/C=C/C=C\C/C=C\C=C\[C@H](O)/C=C\CCCC(=O)O[C@H](COC(=O)CCCCCCCCCCCCCCCCCCC)COP(=O)(O)OC[C@H](N)C(=O)O. The molecule has 62 heavy (non-hydrogen) atoms. The molecule has 0 fully saturated rings. The first kappa shape index (κ1) is 58.8. The van der Waals surface area contributed by atoms with Crippen molar-refractivity contribution in [3.8, 4) is 0 Å². The van der Waals surface area contributed by atoms with Crippen molar-refractivity contribution >= 4 is 25.7 Å². The van der Waals surface area contributed by atoms with Crippen LogP contribution in [0.15, 0.2) is 72.9 Å². The Kier molecular flexibility index (Phi) is 39.7. The second-order valence-electron chi connectivity index (χ2n) is 15.6. The number of rotatable bonds is 42. The van der Waals surface area contributed by atoms with Crippen LogP contribution in [0.25, 0.3) is 0 Å². The van der Waals surface area contributed by atoms with Gasteiger partial charge >= 0.3 is 25.7 Å². The zero-order valence-corrected chi connectivity index (χ0v) is 38.8.